The standard InChI is InChI=1S/C22H43NO3/c1-2-3-4-5-7-10-13-20(16-18-24)21(17-19-25)14-11-8-6-9-12-15-22(23)26/h24-25H,2-19H2,1H3,(H2,23,26)/b21-20-. The number of hydrogen-bond donors (Lipinski definition) is 3. The number of amides is 1. The van der Waals surface area contributed by atoms with Crippen LogP contribution in [0.15, 0.2) is 11.1 Å². The molecule has 0 aliphatic carbocycles. The van der Waals surface area contributed by atoms with E-state index in [9.17, 15) is 15.0 Å². The molecule has 4 nitrogen and oxygen atoms in total. The van der Waals surface area contributed by atoms with Gasteiger partial charge in [-0.05, 0) is 44.9 Å². The summed E-state index contributed by atoms with van der Waals surface area (Å²) in [5.41, 5.74) is 7.90. The molecule has 0 heterocycles. The summed E-state index contributed by atoms with van der Waals surface area (Å²) < 4.78 is 0. The second kappa shape index (κ2) is 18.9. The molecular formula is C22H43NO3. The Morgan fingerprint density at radius 1 is 0.615 bits per heavy atom. The van der Waals surface area contributed by atoms with Gasteiger partial charge in [-0.15, -0.1) is 0 Å². The maximum Gasteiger partial charge on any atom is 0.217 e. The lowest BCUT2D eigenvalue weighted by Crippen LogP contribution is -2.09. The minimum Gasteiger partial charge on any atom is -0.396 e. The topological polar surface area (TPSA) is 83.6 Å². The Hall–Kier alpha value is -0.870. The lowest BCUT2D eigenvalue weighted by Gasteiger charge is -2.15. The SMILES string of the molecule is CCCCCCCC/C(CCO)=C(/CCO)CCCCCCCC(N)=O. The van der Waals surface area contributed by atoms with Crippen LogP contribution in [0, 0.1) is 0 Å². The van der Waals surface area contributed by atoms with Crippen molar-refractivity contribution in [3.05, 3.63) is 11.1 Å². The highest BCUT2D eigenvalue weighted by molar-refractivity contribution is 5.73. The molecule has 0 radical (unpaired) electrons. The Labute approximate surface area is 161 Å². The summed E-state index contributed by atoms with van der Waals surface area (Å²) in [6.45, 7) is 2.63. The molecule has 0 fully saturated rings. The van der Waals surface area contributed by atoms with Crippen LogP contribution < -0.4 is 5.73 Å². The van der Waals surface area contributed by atoms with E-state index in [1.165, 1.54) is 49.7 Å². The Morgan fingerprint density at radius 3 is 1.38 bits per heavy atom. The molecular weight excluding hydrogens is 326 g/mol. The molecule has 0 unspecified atom stereocenters. The first-order chi connectivity index (χ1) is 12.7. The third-order valence-electron chi connectivity index (χ3n) is 5.06. The lowest BCUT2D eigenvalue weighted by atomic mass is 9.92. The molecule has 0 aromatic carbocycles. The largest absolute Gasteiger partial charge is 0.396 e. The van der Waals surface area contributed by atoms with Crippen molar-refractivity contribution in [3.8, 4) is 0 Å². The number of nitrogens with two attached hydrogens (primary N) is 1. The summed E-state index contributed by atoms with van der Waals surface area (Å²) in [5.74, 6) is -0.207. The maximum atomic E-state index is 10.7. The van der Waals surface area contributed by atoms with Crippen molar-refractivity contribution in [2.24, 2.45) is 5.73 Å². The number of carbonyl (C=O) groups excluding carboxylic acids is 1. The Kier molecular flexibility index (Phi) is 18.3. The molecule has 0 aliphatic rings. The molecule has 0 rings (SSSR count). The van der Waals surface area contributed by atoms with Gasteiger partial charge in [-0.3, -0.25) is 4.79 Å². The van der Waals surface area contributed by atoms with Crippen LogP contribution in [0.5, 0.6) is 0 Å². The molecule has 26 heavy (non-hydrogen) atoms. The number of unbranched alkanes of at least 4 members (excludes halogenated alkanes) is 9. The summed E-state index contributed by atoms with van der Waals surface area (Å²) in [6.07, 6.45) is 17.1. The number of hydrogen-bond acceptors (Lipinski definition) is 3. The zero-order valence-corrected chi connectivity index (χ0v) is 17.1. The summed E-state index contributed by atoms with van der Waals surface area (Å²) >= 11 is 0. The van der Waals surface area contributed by atoms with Crippen LogP contribution in [0.4, 0.5) is 0 Å². The molecule has 0 bridgehead atoms. The average molecular weight is 370 g/mol. The molecule has 1 amide bonds. The van der Waals surface area contributed by atoms with E-state index in [2.05, 4.69) is 6.92 Å². The monoisotopic (exact) mass is 369 g/mol. The van der Waals surface area contributed by atoms with Gasteiger partial charge in [0.15, 0.2) is 0 Å². The summed E-state index contributed by atoms with van der Waals surface area (Å²) in [6, 6.07) is 0. The van der Waals surface area contributed by atoms with Gasteiger partial charge in [0, 0.05) is 19.6 Å². The predicted octanol–water partition coefficient (Wildman–Crippen LogP) is 5.01. The van der Waals surface area contributed by atoms with E-state index in [4.69, 9.17) is 5.73 Å². The molecule has 0 atom stereocenters. The molecule has 0 aliphatic heterocycles. The molecule has 154 valence electrons. The Balaban J connectivity index is 4.23. The fraction of sp³-hybridized carbons (Fsp3) is 0.864. The van der Waals surface area contributed by atoms with E-state index in [-0.39, 0.29) is 19.1 Å². The number of carbonyl (C=O) groups is 1. The first-order valence-corrected chi connectivity index (χ1v) is 10.9. The quantitative estimate of drug-likeness (QED) is 0.221. The predicted molar refractivity (Wildman–Crippen MR) is 110 cm³/mol. The zero-order valence-electron chi connectivity index (χ0n) is 17.1. The molecule has 4 heteroatoms. The molecule has 0 saturated heterocycles. The van der Waals surface area contributed by atoms with Crippen LogP contribution in [0.2, 0.25) is 0 Å². The van der Waals surface area contributed by atoms with E-state index in [1.807, 2.05) is 0 Å². The van der Waals surface area contributed by atoms with Crippen LogP contribution in [0.25, 0.3) is 0 Å². The van der Waals surface area contributed by atoms with Crippen molar-refractivity contribution < 1.29 is 15.0 Å². The van der Waals surface area contributed by atoms with Crippen molar-refractivity contribution >= 4 is 5.91 Å². The second-order valence-electron chi connectivity index (χ2n) is 7.41. The highest BCUT2D eigenvalue weighted by Crippen LogP contribution is 2.24. The third-order valence-corrected chi connectivity index (χ3v) is 5.06. The lowest BCUT2D eigenvalue weighted by molar-refractivity contribution is -0.118. The molecule has 4 N–H and O–H groups in total. The first-order valence-electron chi connectivity index (χ1n) is 10.9. The highest BCUT2D eigenvalue weighted by Gasteiger charge is 2.07. The van der Waals surface area contributed by atoms with Crippen molar-refractivity contribution in [1.29, 1.82) is 0 Å². The summed E-state index contributed by atoms with van der Waals surface area (Å²) in [4.78, 5) is 10.7. The van der Waals surface area contributed by atoms with Crippen molar-refractivity contribution in [2.75, 3.05) is 13.2 Å². The van der Waals surface area contributed by atoms with E-state index in [0.29, 0.717) is 6.42 Å². The molecule has 0 aromatic rings. The Bertz CT molecular complexity index is 366. The van der Waals surface area contributed by atoms with Crippen LogP contribution in [0.1, 0.15) is 110 Å². The smallest absolute Gasteiger partial charge is 0.217 e. The van der Waals surface area contributed by atoms with Crippen molar-refractivity contribution in [2.45, 2.75) is 110 Å². The van der Waals surface area contributed by atoms with Gasteiger partial charge in [0.2, 0.25) is 5.91 Å². The number of aliphatic hydroxyl groups is 2. The van der Waals surface area contributed by atoms with Gasteiger partial charge in [0.05, 0.1) is 0 Å². The minimum atomic E-state index is -0.207. The van der Waals surface area contributed by atoms with Gasteiger partial charge < -0.3 is 15.9 Å². The number of aliphatic hydroxyl groups excluding tert-OH is 2. The fourth-order valence-electron chi connectivity index (χ4n) is 3.51. The van der Waals surface area contributed by atoms with Crippen molar-refractivity contribution in [3.63, 3.8) is 0 Å². The Morgan fingerprint density at radius 2 is 1.00 bits per heavy atom. The van der Waals surface area contributed by atoms with Gasteiger partial charge >= 0.3 is 0 Å². The number of rotatable bonds is 19. The second-order valence-corrected chi connectivity index (χ2v) is 7.41. The maximum absolute atomic E-state index is 10.7. The molecule has 0 spiro atoms. The van der Waals surface area contributed by atoms with E-state index in [1.54, 1.807) is 0 Å². The van der Waals surface area contributed by atoms with Gasteiger partial charge in [-0.25, -0.2) is 0 Å². The fourth-order valence-corrected chi connectivity index (χ4v) is 3.51. The summed E-state index contributed by atoms with van der Waals surface area (Å²) in [5, 5.41) is 18.8. The van der Waals surface area contributed by atoms with Gasteiger partial charge in [0.1, 0.15) is 0 Å². The summed E-state index contributed by atoms with van der Waals surface area (Å²) in [7, 11) is 0. The first kappa shape index (κ1) is 25.1. The van der Waals surface area contributed by atoms with E-state index < -0.39 is 0 Å². The highest BCUT2D eigenvalue weighted by atomic mass is 16.3. The minimum absolute atomic E-state index is 0.194. The van der Waals surface area contributed by atoms with Gasteiger partial charge in [0.25, 0.3) is 0 Å². The normalized spacial score (nSPS) is 12.3. The molecule has 0 saturated carbocycles. The van der Waals surface area contributed by atoms with E-state index >= 15 is 0 Å². The van der Waals surface area contributed by atoms with Gasteiger partial charge in [-0.2, -0.15) is 0 Å². The average Bonchev–Trinajstić information content (AvgIpc) is 2.61. The van der Waals surface area contributed by atoms with Crippen LogP contribution in [-0.4, -0.2) is 29.3 Å². The van der Waals surface area contributed by atoms with Crippen LogP contribution in [0.3, 0.4) is 0 Å². The zero-order chi connectivity index (χ0) is 19.5. The number of primary amides is 1. The van der Waals surface area contributed by atoms with Crippen LogP contribution >= 0.6 is 0 Å². The van der Waals surface area contributed by atoms with Crippen LogP contribution in [-0.2, 0) is 4.79 Å². The third kappa shape index (κ3) is 15.4. The van der Waals surface area contributed by atoms with Crippen molar-refractivity contribution in [1.82, 2.24) is 0 Å². The van der Waals surface area contributed by atoms with E-state index in [0.717, 1.165) is 57.8 Å². The van der Waals surface area contributed by atoms with Gasteiger partial charge in [-0.1, -0.05) is 69.4 Å². The molecule has 0 aromatic heterocycles.